The first-order valence-electron chi connectivity index (χ1n) is 16.9. The fourth-order valence-corrected chi connectivity index (χ4v) is 8.74. The second-order valence-electron chi connectivity index (χ2n) is 13.5. The molecular weight excluding hydrogens is 973 g/mol. The fourth-order valence-electron chi connectivity index (χ4n) is 6.57. The van der Waals surface area contributed by atoms with Gasteiger partial charge in [-0.3, -0.25) is 18.2 Å². The molecule has 4 fully saturated rings. The van der Waals surface area contributed by atoms with Crippen LogP contribution in [0.25, 0.3) is 0 Å². The molecule has 0 aromatic heterocycles. The molecule has 16 N–H and O–H groups in total. The van der Waals surface area contributed by atoms with E-state index in [1.54, 1.807) is 0 Å². The van der Waals surface area contributed by atoms with Crippen molar-refractivity contribution in [1.29, 1.82) is 0 Å². The van der Waals surface area contributed by atoms with E-state index in [1.807, 2.05) is 0 Å². The summed E-state index contributed by atoms with van der Waals surface area (Å²) in [6, 6.07) is -4.95. The van der Waals surface area contributed by atoms with E-state index in [0.29, 0.717) is 0 Å². The molecule has 4 heterocycles. The minimum absolute atomic E-state index is 1.16. The van der Waals surface area contributed by atoms with E-state index in [-0.39, 0.29) is 0 Å². The predicted molar refractivity (Wildman–Crippen MR) is 181 cm³/mol. The van der Waals surface area contributed by atoms with E-state index in [4.69, 9.17) is 33.0 Å². The summed E-state index contributed by atoms with van der Waals surface area (Å²) in [6.45, 7) is -2.61. The van der Waals surface area contributed by atoms with Gasteiger partial charge >= 0.3 is 53.3 Å². The Morgan fingerprint density at radius 1 is 0.476 bits per heavy atom. The Labute approximate surface area is 352 Å². The minimum atomic E-state index is -5.86. The summed E-state index contributed by atoms with van der Waals surface area (Å²) >= 11 is 0. The Balaban J connectivity index is 1.72. The normalized spacial score (nSPS) is 42.1. The zero-order valence-electron chi connectivity index (χ0n) is 30.6. The molecule has 4 aliphatic rings. The summed E-state index contributed by atoms with van der Waals surface area (Å²) < 4.78 is 179. The van der Waals surface area contributed by atoms with E-state index in [1.165, 1.54) is 9.44 Å². The Hall–Kier alpha value is -2.18. The third kappa shape index (κ3) is 13.5. The number of aliphatic hydroxyl groups excluding tert-OH is 8. The van der Waals surface area contributed by atoms with Gasteiger partial charge in [0.05, 0.1) is 13.2 Å². The molecule has 35 nitrogen and oxygen atoms in total. The van der Waals surface area contributed by atoms with Gasteiger partial charge in [0, 0.05) is 0 Å². The molecule has 63 heavy (non-hydrogen) atoms. The summed E-state index contributed by atoms with van der Waals surface area (Å²) in [6.07, 6.45) is -46.0. The first-order valence-corrected chi connectivity index (χ1v) is 22.5. The molecule has 0 aliphatic carbocycles. The van der Waals surface area contributed by atoms with Crippen LogP contribution in [0.3, 0.4) is 0 Å². The van der Waals surface area contributed by atoms with E-state index in [0.717, 1.165) is 0 Å². The lowest BCUT2D eigenvalue weighted by Gasteiger charge is -2.49. The number of ether oxygens (including phenoxy) is 7. The van der Waals surface area contributed by atoms with Gasteiger partial charge in [-0.15, -0.1) is 0 Å². The highest BCUT2D eigenvalue weighted by Crippen LogP contribution is 2.36. The number of carbonyl (C=O) groups is 2. The van der Waals surface area contributed by atoms with Crippen molar-refractivity contribution < 1.29 is 154 Å². The topological polar surface area (TPSA) is 561 Å². The molecule has 0 unspecified atom stereocenters. The molecule has 4 rings (SSSR count). The number of hydrogen-bond acceptors (Lipinski definition) is 27. The summed E-state index contributed by atoms with van der Waals surface area (Å²) in [4.78, 5) is 24.5. The SMILES string of the molecule is O=C(O)[C@@H]1O[C@@H](O)[C@H](OS(=O)(=O)O)[C@@H](O)[C@@H]1O[C@H]1O[C@H](CO)[C@@H](O[C@@H]2O[C@@H](C(=O)O)[C@@H](O[C@H]3O[C@H](CO)[C@@H](O)[C@H](O)[C@H]3NS(=O)(=O)O)[C@H](O)[C@H]2OS(=O)(=O)O)[C@H](O)[C@H]1NS(=O)(=O)O. The van der Waals surface area contributed by atoms with Crippen molar-refractivity contribution in [3.63, 3.8) is 0 Å². The summed E-state index contributed by atoms with van der Waals surface area (Å²) in [5.41, 5.74) is 0. The summed E-state index contributed by atoms with van der Waals surface area (Å²) in [7, 11) is -22.4. The maximum atomic E-state index is 12.5. The molecule has 0 amide bonds. The molecule has 4 aliphatic heterocycles. The molecule has 0 spiro atoms. The number of aliphatic hydroxyl groups is 8. The van der Waals surface area contributed by atoms with Gasteiger partial charge in [0.15, 0.2) is 49.6 Å². The van der Waals surface area contributed by atoms with Crippen molar-refractivity contribution in [2.75, 3.05) is 13.2 Å². The van der Waals surface area contributed by atoms with E-state index >= 15 is 0 Å². The Morgan fingerprint density at radius 3 is 1.30 bits per heavy atom. The Morgan fingerprint density at radius 2 is 0.873 bits per heavy atom. The lowest BCUT2D eigenvalue weighted by Crippen LogP contribution is -2.70. The maximum absolute atomic E-state index is 12.5. The second-order valence-corrected chi connectivity index (χ2v) is 17.9. The van der Waals surface area contributed by atoms with Gasteiger partial charge in [0.1, 0.15) is 73.1 Å². The van der Waals surface area contributed by atoms with Crippen molar-refractivity contribution in [3.05, 3.63) is 0 Å². The lowest BCUT2D eigenvalue weighted by molar-refractivity contribution is -0.367. The van der Waals surface area contributed by atoms with Crippen LogP contribution in [0.15, 0.2) is 0 Å². The molecule has 0 aromatic rings. The molecule has 4 saturated heterocycles. The van der Waals surface area contributed by atoms with Crippen molar-refractivity contribution >= 4 is 53.3 Å². The number of nitrogens with one attached hydrogen (secondary N) is 2. The highest BCUT2D eigenvalue weighted by molar-refractivity contribution is 7.84. The number of carboxylic acid groups (broad SMARTS) is 2. The van der Waals surface area contributed by atoms with Gasteiger partial charge in [-0.25, -0.2) is 18.0 Å². The van der Waals surface area contributed by atoms with E-state index in [2.05, 4.69) is 13.1 Å². The van der Waals surface area contributed by atoms with Crippen LogP contribution in [0.1, 0.15) is 0 Å². The minimum Gasteiger partial charge on any atom is -0.479 e. The van der Waals surface area contributed by atoms with Crippen molar-refractivity contribution in [2.24, 2.45) is 0 Å². The van der Waals surface area contributed by atoms with Gasteiger partial charge in [-0.1, -0.05) is 0 Å². The van der Waals surface area contributed by atoms with E-state index < -0.39 is 189 Å². The zero-order chi connectivity index (χ0) is 47.9. The Kier molecular flexibility index (Phi) is 17.3. The first-order chi connectivity index (χ1) is 28.8. The maximum Gasteiger partial charge on any atom is 0.397 e. The highest BCUT2D eigenvalue weighted by atomic mass is 32.3. The number of carboxylic acids is 2. The smallest absolute Gasteiger partial charge is 0.397 e. The van der Waals surface area contributed by atoms with Crippen LogP contribution in [-0.4, -0.2) is 251 Å². The average molecular weight is 1010 g/mol. The van der Waals surface area contributed by atoms with E-state index in [9.17, 15) is 108 Å². The van der Waals surface area contributed by atoms with Crippen LogP contribution in [0, 0.1) is 0 Å². The molecule has 368 valence electrons. The third-order valence-corrected chi connectivity index (χ3v) is 11.3. The molecule has 0 radical (unpaired) electrons. The quantitative estimate of drug-likeness (QED) is 0.0567. The largest absolute Gasteiger partial charge is 0.479 e. The van der Waals surface area contributed by atoms with Crippen molar-refractivity contribution in [3.8, 4) is 0 Å². The van der Waals surface area contributed by atoms with Gasteiger partial charge in [0.25, 0.3) is 0 Å². The van der Waals surface area contributed by atoms with Crippen molar-refractivity contribution in [2.45, 2.75) is 123 Å². The molecule has 20 atom stereocenters. The van der Waals surface area contributed by atoms with Crippen LogP contribution in [0.5, 0.6) is 0 Å². The van der Waals surface area contributed by atoms with Gasteiger partial charge in [-0.05, 0) is 0 Å². The molecule has 0 aromatic carbocycles. The Bertz CT molecular complexity index is 2060. The lowest BCUT2D eigenvalue weighted by atomic mass is 9.94. The monoisotopic (exact) mass is 1010 g/mol. The fraction of sp³-hybridized carbons (Fsp3) is 0.917. The van der Waals surface area contributed by atoms with Gasteiger partial charge in [0.2, 0.25) is 0 Å². The number of rotatable bonds is 18. The second kappa shape index (κ2) is 20.4. The average Bonchev–Trinajstić information content (AvgIpc) is 3.13. The standard InChI is InChI=1S/C24H40N2O33S4/c27-1-3-7(29)8(30)5(25-60(39,40)41)22(51-3)56-14-11(33)16(59-63(48,49)50)24(57-18(14)20(36)37)54-12-4(2-28)52-23(6(9(12)31)26-61(42,43)44)55-13-10(32)15(58-62(45,46)47)21(38)53-17(13)19(34)35/h3-18,21-33,38H,1-2H2,(H,34,35)(H,36,37)(H,39,40,41)(H,42,43,44)(H,45,46,47)(H,48,49,50)/t3-,4-,5-,6-,7-,8-,9-,10+,11+,12-,13+,14+,15-,16-,17-,18-,21-,22-,23-,24-/m1/s1. The van der Waals surface area contributed by atoms with Crippen LogP contribution in [0.2, 0.25) is 0 Å². The summed E-state index contributed by atoms with van der Waals surface area (Å²) in [5.74, 6) is -4.30. The highest BCUT2D eigenvalue weighted by Gasteiger charge is 2.59. The van der Waals surface area contributed by atoms with Crippen LogP contribution in [-0.2, 0) is 92.5 Å². The van der Waals surface area contributed by atoms with Crippen LogP contribution >= 0.6 is 0 Å². The molecular formula is C24H40N2O33S4. The predicted octanol–water partition coefficient (Wildman–Crippen LogP) is -11.1. The summed E-state index contributed by atoms with van der Waals surface area (Å²) in [5, 5.41) is 104. The van der Waals surface area contributed by atoms with Crippen molar-refractivity contribution in [1.82, 2.24) is 9.44 Å². The van der Waals surface area contributed by atoms with Gasteiger partial charge < -0.3 is 84.2 Å². The number of aliphatic carboxylic acids is 2. The first kappa shape index (κ1) is 53.4. The number of hydrogen-bond donors (Lipinski definition) is 16. The zero-order valence-corrected chi connectivity index (χ0v) is 33.9. The third-order valence-electron chi connectivity index (χ3n) is 9.19. The van der Waals surface area contributed by atoms with Gasteiger partial charge in [-0.2, -0.15) is 43.1 Å². The van der Waals surface area contributed by atoms with Crippen LogP contribution in [0.4, 0.5) is 0 Å². The molecule has 0 bridgehead atoms. The van der Waals surface area contributed by atoms with Crippen LogP contribution < -0.4 is 9.44 Å². The molecule has 39 heteroatoms. The molecule has 0 saturated carbocycles.